The van der Waals surface area contributed by atoms with Crippen LogP contribution in [0.25, 0.3) is 0 Å². The minimum atomic E-state index is -2.44. The minimum Gasteiger partial charge on any atom is -0.406 e. The number of rotatable bonds is 6. The van der Waals surface area contributed by atoms with Crippen molar-refractivity contribution in [3.05, 3.63) is 0 Å². The van der Waals surface area contributed by atoms with E-state index in [1.54, 1.807) is 0 Å². The Morgan fingerprint density at radius 2 is 2.00 bits per heavy atom. The van der Waals surface area contributed by atoms with Gasteiger partial charge in [0.25, 0.3) is 0 Å². The van der Waals surface area contributed by atoms with Gasteiger partial charge in [0.1, 0.15) is 6.61 Å². The summed E-state index contributed by atoms with van der Waals surface area (Å²) < 4.78 is 4.16. The third-order valence-electron chi connectivity index (χ3n) is 1.51. The molecule has 0 rings (SSSR count). The number of aliphatic hydroxyl groups excluding tert-OH is 1. The van der Waals surface area contributed by atoms with Gasteiger partial charge in [-0.15, -0.1) is 0 Å². The van der Waals surface area contributed by atoms with E-state index in [2.05, 4.69) is 4.74 Å². The summed E-state index contributed by atoms with van der Waals surface area (Å²) in [5.74, 6) is -3.48. The second-order valence-corrected chi connectivity index (χ2v) is 2.83. The van der Waals surface area contributed by atoms with Gasteiger partial charge in [-0.25, -0.2) is 4.79 Å². The summed E-state index contributed by atoms with van der Waals surface area (Å²) in [5, 5.41) is 26.4. The topological polar surface area (TPSA) is 87.0 Å². The van der Waals surface area contributed by atoms with E-state index in [1.807, 2.05) is 6.92 Å². The third kappa shape index (κ3) is 6.51. The van der Waals surface area contributed by atoms with Crippen LogP contribution in [0.3, 0.4) is 0 Å². The molecule has 0 amide bonds. The van der Waals surface area contributed by atoms with Gasteiger partial charge >= 0.3 is 11.9 Å². The quantitative estimate of drug-likeness (QED) is 0.306. The van der Waals surface area contributed by atoms with E-state index in [-0.39, 0.29) is 6.42 Å². The molecule has 3 N–H and O–H groups in total. The van der Waals surface area contributed by atoms with Crippen molar-refractivity contribution in [3.63, 3.8) is 0 Å². The summed E-state index contributed by atoms with van der Waals surface area (Å²) in [4.78, 5) is 10.5. The molecule has 0 bridgehead atoms. The lowest BCUT2D eigenvalue weighted by Crippen LogP contribution is -2.35. The predicted molar refractivity (Wildman–Crippen MR) is 44.5 cm³/mol. The number of carbonyl (C=O) groups is 1. The van der Waals surface area contributed by atoms with E-state index >= 15 is 0 Å². The van der Waals surface area contributed by atoms with Gasteiger partial charge in [-0.3, -0.25) is 0 Å². The maximum absolute atomic E-state index is 10.5. The molecular formula is C8H16O5. The molecule has 5 nitrogen and oxygen atoms in total. The first-order valence-electron chi connectivity index (χ1n) is 4.29. The Bertz CT molecular complexity index is 155. The Kier molecular flexibility index (Phi) is 5.61. The molecule has 0 fully saturated rings. The standard InChI is InChI=1S/C8H16O5/c1-2-3-4-5-8(11,12)13-7(10)6-9/h9,11-12H,2-6H2,1H3. The van der Waals surface area contributed by atoms with E-state index in [0.29, 0.717) is 6.42 Å². The number of aliphatic hydroxyl groups is 3. The van der Waals surface area contributed by atoms with Crippen LogP contribution < -0.4 is 0 Å². The highest BCUT2D eigenvalue weighted by atomic mass is 16.8. The normalized spacial score (nSPS) is 11.4. The van der Waals surface area contributed by atoms with Crippen molar-refractivity contribution in [1.29, 1.82) is 0 Å². The number of ether oxygens (including phenoxy) is 1. The Hall–Kier alpha value is -0.650. The van der Waals surface area contributed by atoms with Gasteiger partial charge in [-0.1, -0.05) is 19.8 Å². The fourth-order valence-electron chi connectivity index (χ4n) is 0.871. The highest BCUT2D eigenvalue weighted by molar-refractivity contribution is 5.70. The van der Waals surface area contributed by atoms with Gasteiger partial charge in [0.2, 0.25) is 0 Å². The molecule has 0 aliphatic rings. The van der Waals surface area contributed by atoms with Gasteiger partial charge in [0.05, 0.1) is 0 Å². The Morgan fingerprint density at radius 3 is 2.46 bits per heavy atom. The molecule has 0 aromatic heterocycles. The number of unbranched alkanes of at least 4 members (excludes halogenated alkanes) is 2. The van der Waals surface area contributed by atoms with Gasteiger partial charge in [-0.05, 0) is 6.42 Å². The van der Waals surface area contributed by atoms with Crippen molar-refractivity contribution in [2.24, 2.45) is 0 Å². The van der Waals surface area contributed by atoms with Crippen molar-refractivity contribution >= 4 is 5.97 Å². The van der Waals surface area contributed by atoms with Crippen molar-refractivity contribution in [3.8, 4) is 0 Å². The smallest absolute Gasteiger partial charge is 0.336 e. The van der Waals surface area contributed by atoms with Crippen LogP contribution in [0, 0.1) is 0 Å². The largest absolute Gasteiger partial charge is 0.406 e. The fraction of sp³-hybridized carbons (Fsp3) is 0.875. The number of hydrogen-bond donors (Lipinski definition) is 3. The molecule has 0 heterocycles. The van der Waals surface area contributed by atoms with Crippen molar-refractivity contribution < 1.29 is 24.9 Å². The van der Waals surface area contributed by atoms with Crippen LogP contribution in [0.1, 0.15) is 32.6 Å². The molecule has 0 unspecified atom stereocenters. The highest BCUT2D eigenvalue weighted by Gasteiger charge is 2.27. The van der Waals surface area contributed by atoms with Crippen LogP contribution in [0.15, 0.2) is 0 Å². The van der Waals surface area contributed by atoms with Gasteiger partial charge in [0, 0.05) is 6.42 Å². The lowest BCUT2D eigenvalue weighted by atomic mass is 10.2. The second kappa shape index (κ2) is 5.90. The van der Waals surface area contributed by atoms with Crippen LogP contribution >= 0.6 is 0 Å². The van der Waals surface area contributed by atoms with Crippen LogP contribution in [0.2, 0.25) is 0 Å². The zero-order valence-electron chi connectivity index (χ0n) is 7.69. The Labute approximate surface area is 77.0 Å². The molecule has 0 saturated carbocycles. The zero-order valence-corrected chi connectivity index (χ0v) is 7.69. The van der Waals surface area contributed by atoms with E-state index in [0.717, 1.165) is 12.8 Å². The first-order chi connectivity index (χ1) is 6.02. The lowest BCUT2D eigenvalue weighted by Gasteiger charge is -2.20. The van der Waals surface area contributed by atoms with Crippen LogP contribution in [0.4, 0.5) is 0 Å². The van der Waals surface area contributed by atoms with E-state index in [9.17, 15) is 4.79 Å². The first kappa shape index (κ1) is 12.3. The number of hydrogen-bond acceptors (Lipinski definition) is 5. The maximum Gasteiger partial charge on any atom is 0.336 e. The summed E-state index contributed by atoms with van der Waals surface area (Å²) in [6.07, 6.45) is 2.29. The Morgan fingerprint density at radius 1 is 1.38 bits per heavy atom. The Balaban J connectivity index is 3.72. The zero-order chi connectivity index (χ0) is 10.3. The fourth-order valence-corrected chi connectivity index (χ4v) is 0.871. The number of carbonyl (C=O) groups excluding carboxylic acids is 1. The summed E-state index contributed by atoms with van der Waals surface area (Å²) in [5.41, 5.74) is 0. The summed E-state index contributed by atoms with van der Waals surface area (Å²) in [7, 11) is 0. The lowest BCUT2D eigenvalue weighted by molar-refractivity contribution is -0.323. The second-order valence-electron chi connectivity index (χ2n) is 2.83. The molecule has 0 aliphatic heterocycles. The summed E-state index contributed by atoms with van der Waals surface area (Å²) in [6, 6.07) is 0. The van der Waals surface area contributed by atoms with Crippen LogP contribution in [-0.4, -0.2) is 33.9 Å². The molecule has 78 valence electrons. The molecule has 0 aliphatic carbocycles. The van der Waals surface area contributed by atoms with Crippen molar-refractivity contribution in [2.75, 3.05) is 6.61 Å². The molecule has 0 saturated heterocycles. The monoisotopic (exact) mass is 192 g/mol. The van der Waals surface area contributed by atoms with Crippen LogP contribution in [-0.2, 0) is 9.53 Å². The van der Waals surface area contributed by atoms with E-state index in [4.69, 9.17) is 15.3 Å². The molecule has 13 heavy (non-hydrogen) atoms. The summed E-state index contributed by atoms with van der Waals surface area (Å²) >= 11 is 0. The molecule has 0 radical (unpaired) electrons. The molecule has 0 spiro atoms. The van der Waals surface area contributed by atoms with Crippen molar-refractivity contribution in [2.45, 2.75) is 38.6 Å². The SMILES string of the molecule is CCCCCC(O)(O)OC(=O)CO. The molecule has 0 aromatic rings. The molecule has 5 heteroatoms. The van der Waals surface area contributed by atoms with Crippen molar-refractivity contribution in [1.82, 2.24) is 0 Å². The van der Waals surface area contributed by atoms with Gasteiger partial charge < -0.3 is 20.1 Å². The first-order valence-corrected chi connectivity index (χ1v) is 4.29. The minimum absolute atomic E-state index is 0.0351. The predicted octanol–water partition coefficient (Wildman–Crippen LogP) is -0.259. The maximum atomic E-state index is 10.5. The average molecular weight is 192 g/mol. The molecular weight excluding hydrogens is 176 g/mol. The third-order valence-corrected chi connectivity index (χ3v) is 1.51. The molecule has 0 atom stereocenters. The highest BCUT2D eigenvalue weighted by Crippen LogP contribution is 2.13. The van der Waals surface area contributed by atoms with E-state index in [1.165, 1.54) is 0 Å². The number of esters is 1. The van der Waals surface area contributed by atoms with E-state index < -0.39 is 18.5 Å². The molecule has 0 aromatic carbocycles. The summed E-state index contributed by atoms with van der Waals surface area (Å²) in [6.45, 7) is 1.12. The van der Waals surface area contributed by atoms with Gasteiger partial charge in [0.15, 0.2) is 0 Å². The van der Waals surface area contributed by atoms with Gasteiger partial charge in [-0.2, -0.15) is 0 Å². The van der Waals surface area contributed by atoms with Crippen LogP contribution in [0.5, 0.6) is 0 Å². The average Bonchev–Trinajstić information content (AvgIpc) is 2.03.